The van der Waals surface area contributed by atoms with Gasteiger partial charge in [0.15, 0.2) is 0 Å². The highest BCUT2D eigenvalue weighted by atomic mass is 32.1. The van der Waals surface area contributed by atoms with Crippen LogP contribution in [0.2, 0.25) is 0 Å². The number of fused-ring (bicyclic) bond motifs is 2. The second-order valence-electron chi connectivity index (χ2n) is 6.62. The number of rotatable bonds is 4. The Morgan fingerprint density at radius 2 is 1.88 bits per heavy atom. The van der Waals surface area contributed by atoms with Gasteiger partial charge in [-0.15, -0.1) is 11.3 Å². The average molecular weight is 342 g/mol. The normalized spacial score (nSPS) is 25.4. The first kappa shape index (κ1) is 15.7. The lowest BCUT2D eigenvalue weighted by molar-refractivity contribution is 0.0719. The third-order valence-electron chi connectivity index (χ3n) is 4.88. The van der Waals surface area contributed by atoms with Gasteiger partial charge in [0.05, 0.1) is 6.54 Å². The molecule has 2 aliphatic rings. The number of ether oxygens (including phenoxy) is 1. The number of hydrogen-bond donors (Lipinski definition) is 1. The van der Waals surface area contributed by atoms with Gasteiger partial charge < -0.3 is 10.1 Å². The molecule has 0 aliphatic carbocycles. The van der Waals surface area contributed by atoms with Crippen LogP contribution < -0.4 is 10.2 Å². The van der Waals surface area contributed by atoms with Gasteiger partial charge in [0.2, 0.25) is 0 Å². The molecular formula is C19H22N2O2S. The number of carbonyl (C=O) groups excluding carboxylic acids is 1. The van der Waals surface area contributed by atoms with E-state index in [2.05, 4.69) is 11.4 Å². The van der Waals surface area contributed by atoms with Crippen molar-refractivity contribution >= 4 is 23.1 Å². The smallest absolute Gasteiger partial charge is 0.414 e. The molecule has 2 aromatic rings. The van der Waals surface area contributed by atoms with E-state index < -0.39 is 0 Å². The number of nitrogens with zero attached hydrogens (tertiary/aromatic N) is 1. The second kappa shape index (κ2) is 6.95. The van der Waals surface area contributed by atoms with Crippen LogP contribution >= 0.6 is 11.3 Å². The number of amides is 1. The molecule has 3 atom stereocenters. The molecule has 4 nitrogen and oxygen atoms in total. The fourth-order valence-corrected chi connectivity index (χ4v) is 4.43. The van der Waals surface area contributed by atoms with E-state index in [0.29, 0.717) is 18.6 Å². The molecule has 1 aromatic heterocycles. The van der Waals surface area contributed by atoms with Crippen molar-refractivity contribution in [2.75, 3.05) is 4.90 Å². The summed E-state index contributed by atoms with van der Waals surface area (Å²) >= 11 is 1.66. The third kappa shape index (κ3) is 3.47. The van der Waals surface area contributed by atoms with Crippen molar-refractivity contribution in [3.8, 4) is 0 Å². The topological polar surface area (TPSA) is 41.6 Å². The summed E-state index contributed by atoms with van der Waals surface area (Å²) in [5.41, 5.74) is 0.882. The minimum absolute atomic E-state index is 0.0331. The monoisotopic (exact) mass is 342 g/mol. The number of benzene rings is 1. The number of anilines is 1. The number of hydrogen-bond acceptors (Lipinski definition) is 4. The minimum Gasteiger partial charge on any atom is -0.446 e. The predicted octanol–water partition coefficient (Wildman–Crippen LogP) is 4.17. The summed E-state index contributed by atoms with van der Waals surface area (Å²) in [5.74, 6) is 0. The molecule has 1 N–H and O–H groups in total. The Morgan fingerprint density at radius 1 is 1.12 bits per heavy atom. The highest BCUT2D eigenvalue weighted by molar-refractivity contribution is 7.09. The van der Waals surface area contributed by atoms with E-state index in [1.54, 1.807) is 16.2 Å². The van der Waals surface area contributed by atoms with Crippen molar-refractivity contribution in [3.05, 3.63) is 52.7 Å². The van der Waals surface area contributed by atoms with Crippen LogP contribution in [0.1, 0.15) is 30.6 Å². The Bertz CT molecular complexity index is 662. The van der Waals surface area contributed by atoms with E-state index in [1.807, 2.05) is 41.8 Å². The van der Waals surface area contributed by atoms with E-state index in [-0.39, 0.29) is 12.2 Å². The van der Waals surface area contributed by atoms with E-state index in [1.165, 1.54) is 12.8 Å². The van der Waals surface area contributed by atoms with Crippen LogP contribution in [0, 0.1) is 0 Å². The maximum Gasteiger partial charge on any atom is 0.414 e. The fourth-order valence-electron chi connectivity index (χ4n) is 3.74. The van der Waals surface area contributed by atoms with Crippen molar-refractivity contribution in [2.45, 2.75) is 50.4 Å². The molecule has 0 saturated carbocycles. The maximum absolute atomic E-state index is 12.9. The molecule has 1 aromatic carbocycles. The summed E-state index contributed by atoms with van der Waals surface area (Å²) in [6.45, 7) is 0.554. The van der Waals surface area contributed by atoms with Gasteiger partial charge in [0, 0.05) is 22.6 Å². The van der Waals surface area contributed by atoms with Gasteiger partial charge in [0.25, 0.3) is 0 Å². The molecular weight excluding hydrogens is 320 g/mol. The van der Waals surface area contributed by atoms with E-state index in [9.17, 15) is 4.79 Å². The quantitative estimate of drug-likeness (QED) is 0.906. The Morgan fingerprint density at radius 3 is 2.54 bits per heavy atom. The van der Waals surface area contributed by atoms with Gasteiger partial charge in [-0.3, -0.25) is 4.90 Å². The number of nitrogens with one attached hydrogen (secondary N) is 1. The van der Waals surface area contributed by atoms with Crippen LogP contribution in [0.5, 0.6) is 0 Å². The standard InChI is InChI=1S/C19H22N2O2S/c22-19(23-17-11-14-8-9-15(12-17)20-14)21(13-18-7-4-10-24-18)16-5-2-1-3-6-16/h1-7,10,14-15,17,20H,8-9,11-13H2/t14-,15+,17?. The second-order valence-corrected chi connectivity index (χ2v) is 7.65. The van der Waals surface area contributed by atoms with Gasteiger partial charge in [0.1, 0.15) is 6.10 Å². The molecule has 0 radical (unpaired) electrons. The molecule has 2 fully saturated rings. The summed E-state index contributed by atoms with van der Waals surface area (Å²) in [6, 6.07) is 14.9. The van der Waals surface area contributed by atoms with Crippen LogP contribution in [0.15, 0.2) is 47.8 Å². The number of para-hydroxylation sites is 1. The molecule has 1 amide bonds. The van der Waals surface area contributed by atoms with Gasteiger partial charge in [-0.2, -0.15) is 0 Å². The first-order valence-electron chi connectivity index (χ1n) is 8.59. The molecule has 3 heterocycles. The van der Waals surface area contributed by atoms with Crippen molar-refractivity contribution in [1.29, 1.82) is 0 Å². The third-order valence-corrected chi connectivity index (χ3v) is 5.74. The fraction of sp³-hybridized carbons (Fsp3) is 0.421. The van der Waals surface area contributed by atoms with Gasteiger partial charge in [-0.25, -0.2) is 4.79 Å². The van der Waals surface area contributed by atoms with E-state index >= 15 is 0 Å². The van der Waals surface area contributed by atoms with Gasteiger partial charge in [-0.05, 0) is 49.3 Å². The summed E-state index contributed by atoms with van der Waals surface area (Å²) in [6.07, 6.45) is 4.08. The molecule has 2 bridgehead atoms. The van der Waals surface area contributed by atoms with E-state index in [0.717, 1.165) is 23.4 Å². The van der Waals surface area contributed by atoms with Crippen molar-refractivity contribution in [1.82, 2.24) is 5.32 Å². The molecule has 0 spiro atoms. The van der Waals surface area contributed by atoms with E-state index in [4.69, 9.17) is 4.74 Å². The molecule has 1 unspecified atom stereocenters. The Labute approximate surface area is 146 Å². The van der Waals surface area contributed by atoms with Crippen LogP contribution in [0.3, 0.4) is 0 Å². The molecule has 24 heavy (non-hydrogen) atoms. The van der Waals surface area contributed by atoms with Crippen LogP contribution in [0.4, 0.5) is 10.5 Å². The zero-order valence-electron chi connectivity index (χ0n) is 13.6. The Balaban J connectivity index is 1.48. The average Bonchev–Trinajstić information content (AvgIpc) is 3.23. The zero-order valence-corrected chi connectivity index (χ0v) is 14.4. The van der Waals surface area contributed by atoms with Crippen molar-refractivity contribution in [2.24, 2.45) is 0 Å². The maximum atomic E-state index is 12.9. The van der Waals surface area contributed by atoms with Crippen LogP contribution in [-0.2, 0) is 11.3 Å². The number of piperidine rings is 1. The Hall–Kier alpha value is -1.85. The molecule has 2 saturated heterocycles. The molecule has 2 aliphatic heterocycles. The largest absolute Gasteiger partial charge is 0.446 e. The first-order valence-corrected chi connectivity index (χ1v) is 9.47. The highest BCUT2D eigenvalue weighted by Gasteiger charge is 2.36. The number of thiophene rings is 1. The molecule has 4 rings (SSSR count). The lowest BCUT2D eigenvalue weighted by Crippen LogP contribution is -2.44. The minimum atomic E-state index is -0.235. The SMILES string of the molecule is O=C(OC1C[C@H]2CC[C@@H](C1)N2)N(Cc1cccs1)c1ccccc1. The lowest BCUT2D eigenvalue weighted by Gasteiger charge is -2.31. The highest BCUT2D eigenvalue weighted by Crippen LogP contribution is 2.29. The zero-order chi connectivity index (χ0) is 16.4. The lowest BCUT2D eigenvalue weighted by atomic mass is 10.0. The summed E-state index contributed by atoms with van der Waals surface area (Å²) in [7, 11) is 0. The Kier molecular flexibility index (Phi) is 4.54. The van der Waals surface area contributed by atoms with Gasteiger partial charge >= 0.3 is 6.09 Å². The van der Waals surface area contributed by atoms with Gasteiger partial charge in [-0.1, -0.05) is 24.3 Å². The molecule has 5 heteroatoms. The van der Waals surface area contributed by atoms with Crippen LogP contribution in [0.25, 0.3) is 0 Å². The molecule has 126 valence electrons. The summed E-state index contributed by atoms with van der Waals surface area (Å²) in [4.78, 5) is 15.8. The summed E-state index contributed by atoms with van der Waals surface area (Å²) < 4.78 is 5.89. The number of carbonyl (C=O) groups is 1. The van der Waals surface area contributed by atoms with Crippen LogP contribution in [-0.4, -0.2) is 24.3 Å². The van der Waals surface area contributed by atoms with Crippen molar-refractivity contribution in [3.63, 3.8) is 0 Å². The van der Waals surface area contributed by atoms with Crippen molar-refractivity contribution < 1.29 is 9.53 Å². The first-order chi connectivity index (χ1) is 11.8. The summed E-state index contributed by atoms with van der Waals surface area (Å²) in [5, 5.41) is 5.62. The predicted molar refractivity (Wildman–Crippen MR) is 96.4 cm³/mol.